The molecule has 1 fully saturated rings. The second kappa shape index (κ2) is 5.88. The number of carbonyl (C=O) groups excluding carboxylic acids is 1. The van der Waals surface area contributed by atoms with Gasteiger partial charge in [-0.15, -0.1) is 0 Å². The average Bonchev–Trinajstić information content (AvgIpc) is 2.39. The molecule has 1 aromatic rings. The number of pyridine rings is 1. The molecule has 2 rings (SSSR count). The van der Waals surface area contributed by atoms with Gasteiger partial charge in [0.2, 0.25) is 0 Å². The highest BCUT2D eigenvalue weighted by atomic mass is 16.1. The van der Waals surface area contributed by atoms with E-state index in [4.69, 9.17) is 11.5 Å². The molecular formula is C13H21N5O. The number of likely N-dealkylation sites (tertiary alicyclic amines) is 1. The van der Waals surface area contributed by atoms with Crippen LogP contribution in [0.4, 0.5) is 11.5 Å². The van der Waals surface area contributed by atoms with Gasteiger partial charge in [-0.25, -0.2) is 4.98 Å². The summed E-state index contributed by atoms with van der Waals surface area (Å²) in [6, 6.07) is 3.67. The van der Waals surface area contributed by atoms with Crippen molar-refractivity contribution in [2.24, 2.45) is 5.73 Å². The van der Waals surface area contributed by atoms with Crippen LogP contribution in [0.1, 0.15) is 29.8 Å². The molecule has 2 heterocycles. The van der Waals surface area contributed by atoms with Crippen LogP contribution in [0.3, 0.4) is 0 Å². The molecule has 1 aliphatic rings. The molecule has 1 amide bonds. The van der Waals surface area contributed by atoms with Crippen LogP contribution in [-0.2, 0) is 0 Å². The van der Waals surface area contributed by atoms with Gasteiger partial charge >= 0.3 is 0 Å². The van der Waals surface area contributed by atoms with Crippen LogP contribution >= 0.6 is 0 Å². The van der Waals surface area contributed by atoms with Crippen LogP contribution < -0.4 is 16.8 Å². The topological polar surface area (TPSA) is 97.3 Å². The van der Waals surface area contributed by atoms with Crippen molar-refractivity contribution in [3.63, 3.8) is 0 Å². The Balaban J connectivity index is 2.02. The molecule has 1 aliphatic heterocycles. The SMILES string of the molecule is CN1CCCCC1CNc1nc(C(N)=O)ccc1N. The van der Waals surface area contributed by atoms with Crippen molar-refractivity contribution in [2.45, 2.75) is 25.3 Å². The molecule has 0 bridgehead atoms. The minimum atomic E-state index is -0.544. The first kappa shape index (κ1) is 13.6. The van der Waals surface area contributed by atoms with Crippen LogP contribution in [0.2, 0.25) is 0 Å². The second-order valence-corrected chi connectivity index (χ2v) is 5.01. The van der Waals surface area contributed by atoms with Crippen LogP contribution in [0.5, 0.6) is 0 Å². The molecule has 1 unspecified atom stereocenters. The molecule has 5 N–H and O–H groups in total. The number of hydrogen-bond donors (Lipinski definition) is 3. The number of carbonyl (C=O) groups is 1. The largest absolute Gasteiger partial charge is 0.396 e. The van der Waals surface area contributed by atoms with Gasteiger partial charge in [-0.05, 0) is 38.6 Å². The maximum Gasteiger partial charge on any atom is 0.267 e. The molecular weight excluding hydrogens is 242 g/mol. The summed E-state index contributed by atoms with van der Waals surface area (Å²) >= 11 is 0. The molecule has 0 spiro atoms. The Kier molecular flexibility index (Phi) is 4.21. The third-order valence-electron chi connectivity index (χ3n) is 3.61. The van der Waals surface area contributed by atoms with E-state index in [0.717, 1.165) is 13.1 Å². The minimum absolute atomic E-state index is 0.230. The number of nitrogens with one attached hydrogen (secondary N) is 1. The van der Waals surface area contributed by atoms with E-state index in [9.17, 15) is 4.79 Å². The molecule has 1 saturated heterocycles. The number of rotatable bonds is 4. The molecule has 6 heteroatoms. The van der Waals surface area contributed by atoms with Gasteiger partial charge in [0, 0.05) is 12.6 Å². The number of nitrogen functional groups attached to an aromatic ring is 1. The Bertz CT molecular complexity index is 462. The van der Waals surface area contributed by atoms with Crippen molar-refractivity contribution < 1.29 is 4.79 Å². The number of amides is 1. The number of anilines is 2. The van der Waals surface area contributed by atoms with Gasteiger partial charge in [0.25, 0.3) is 5.91 Å². The molecule has 0 radical (unpaired) electrons. The Hall–Kier alpha value is -1.82. The zero-order chi connectivity index (χ0) is 13.8. The Morgan fingerprint density at radius 1 is 1.53 bits per heavy atom. The van der Waals surface area contributed by atoms with E-state index < -0.39 is 5.91 Å². The fourth-order valence-corrected chi connectivity index (χ4v) is 2.37. The number of aromatic nitrogens is 1. The quantitative estimate of drug-likeness (QED) is 0.741. The molecule has 0 aliphatic carbocycles. The number of primary amides is 1. The molecule has 104 valence electrons. The predicted octanol–water partition coefficient (Wildman–Crippen LogP) is 0.659. The summed E-state index contributed by atoms with van der Waals surface area (Å²) in [7, 11) is 2.13. The minimum Gasteiger partial charge on any atom is -0.396 e. The molecule has 1 aromatic heterocycles. The summed E-state index contributed by atoms with van der Waals surface area (Å²) < 4.78 is 0. The van der Waals surface area contributed by atoms with Crippen molar-refractivity contribution in [1.29, 1.82) is 0 Å². The first-order valence-corrected chi connectivity index (χ1v) is 6.58. The smallest absolute Gasteiger partial charge is 0.267 e. The van der Waals surface area contributed by atoms with Crippen molar-refractivity contribution >= 4 is 17.4 Å². The van der Waals surface area contributed by atoms with Crippen molar-refractivity contribution in [3.05, 3.63) is 17.8 Å². The van der Waals surface area contributed by atoms with E-state index >= 15 is 0 Å². The van der Waals surface area contributed by atoms with Crippen molar-refractivity contribution in [2.75, 3.05) is 31.2 Å². The van der Waals surface area contributed by atoms with Gasteiger partial charge in [-0.2, -0.15) is 0 Å². The zero-order valence-corrected chi connectivity index (χ0v) is 11.2. The zero-order valence-electron chi connectivity index (χ0n) is 11.2. The number of nitrogens with zero attached hydrogens (tertiary/aromatic N) is 2. The fourth-order valence-electron chi connectivity index (χ4n) is 2.37. The second-order valence-electron chi connectivity index (χ2n) is 5.01. The molecule has 0 saturated carbocycles. The van der Waals surface area contributed by atoms with E-state index in [0.29, 0.717) is 17.5 Å². The number of nitrogens with two attached hydrogens (primary N) is 2. The lowest BCUT2D eigenvalue weighted by molar-refractivity contribution is 0.0996. The summed E-state index contributed by atoms with van der Waals surface area (Å²) in [4.78, 5) is 17.6. The van der Waals surface area contributed by atoms with Crippen molar-refractivity contribution in [3.8, 4) is 0 Å². The normalized spacial score (nSPS) is 20.2. The highest BCUT2D eigenvalue weighted by Crippen LogP contribution is 2.19. The van der Waals surface area contributed by atoms with E-state index in [-0.39, 0.29) is 5.69 Å². The molecule has 19 heavy (non-hydrogen) atoms. The third-order valence-corrected chi connectivity index (χ3v) is 3.61. The van der Waals surface area contributed by atoms with Crippen LogP contribution in [0.25, 0.3) is 0 Å². The van der Waals surface area contributed by atoms with Gasteiger partial charge in [0.15, 0.2) is 0 Å². The maximum absolute atomic E-state index is 11.1. The third kappa shape index (κ3) is 3.35. The summed E-state index contributed by atoms with van der Waals surface area (Å²) in [6.45, 7) is 1.90. The number of piperidine rings is 1. The highest BCUT2D eigenvalue weighted by Gasteiger charge is 2.19. The molecule has 6 nitrogen and oxygen atoms in total. The van der Waals surface area contributed by atoms with Crippen LogP contribution in [0.15, 0.2) is 12.1 Å². The lowest BCUT2D eigenvalue weighted by Gasteiger charge is -2.32. The van der Waals surface area contributed by atoms with Gasteiger partial charge in [-0.1, -0.05) is 6.42 Å². The Morgan fingerprint density at radius 2 is 2.32 bits per heavy atom. The van der Waals surface area contributed by atoms with E-state index in [2.05, 4.69) is 22.2 Å². The van der Waals surface area contributed by atoms with E-state index in [1.54, 1.807) is 6.07 Å². The van der Waals surface area contributed by atoms with Gasteiger partial charge in [0.05, 0.1) is 5.69 Å². The van der Waals surface area contributed by atoms with E-state index in [1.807, 2.05) is 0 Å². The number of hydrogen-bond acceptors (Lipinski definition) is 5. The summed E-state index contributed by atoms with van der Waals surface area (Å²) in [5.74, 6) is -0.00638. The Morgan fingerprint density at radius 3 is 3.00 bits per heavy atom. The van der Waals surface area contributed by atoms with Gasteiger partial charge in [0.1, 0.15) is 11.5 Å². The lowest BCUT2D eigenvalue weighted by atomic mass is 10.0. The van der Waals surface area contributed by atoms with Crippen molar-refractivity contribution in [1.82, 2.24) is 9.88 Å². The first-order valence-electron chi connectivity index (χ1n) is 6.58. The highest BCUT2D eigenvalue weighted by molar-refractivity contribution is 5.91. The molecule has 1 atom stereocenters. The first-order chi connectivity index (χ1) is 9.08. The van der Waals surface area contributed by atoms with Crippen LogP contribution in [-0.4, -0.2) is 42.0 Å². The lowest BCUT2D eigenvalue weighted by Crippen LogP contribution is -2.41. The van der Waals surface area contributed by atoms with Gasteiger partial charge in [-0.3, -0.25) is 4.79 Å². The standard InChI is InChI=1S/C13H21N5O/c1-18-7-3-2-4-9(18)8-16-13-10(14)5-6-11(17-13)12(15)19/h5-6,9H,2-4,7-8,14H2,1H3,(H2,15,19)(H,16,17). The van der Waals surface area contributed by atoms with Crippen LogP contribution in [0, 0.1) is 0 Å². The van der Waals surface area contributed by atoms with Gasteiger partial charge < -0.3 is 21.7 Å². The maximum atomic E-state index is 11.1. The number of likely N-dealkylation sites (N-methyl/N-ethyl adjacent to an activating group) is 1. The molecule has 0 aromatic carbocycles. The fraction of sp³-hybridized carbons (Fsp3) is 0.538. The summed E-state index contributed by atoms with van der Waals surface area (Å²) in [6.07, 6.45) is 3.67. The summed E-state index contributed by atoms with van der Waals surface area (Å²) in [5, 5.41) is 3.22. The monoisotopic (exact) mass is 263 g/mol. The average molecular weight is 263 g/mol. The summed E-state index contributed by atoms with van der Waals surface area (Å²) in [5.41, 5.74) is 11.8. The van der Waals surface area contributed by atoms with E-state index in [1.165, 1.54) is 25.3 Å². The predicted molar refractivity (Wildman–Crippen MR) is 75.9 cm³/mol. The Labute approximate surface area is 113 Å².